The molecule has 0 bridgehead atoms. The number of carbonyl (C=O) groups excluding carboxylic acids is 1. The van der Waals surface area contributed by atoms with Gasteiger partial charge in [0.05, 0.1) is 13.0 Å². The quantitative estimate of drug-likeness (QED) is 0.535. The molecule has 1 atom stereocenters. The fourth-order valence-corrected chi connectivity index (χ4v) is 1.49. The van der Waals surface area contributed by atoms with Gasteiger partial charge in [0.15, 0.2) is 0 Å². The van der Waals surface area contributed by atoms with Crippen LogP contribution in [0.15, 0.2) is 0 Å². The molecule has 0 rings (SSSR count). The molecule has 0 aromatic rings. The molecule has 96 valence electrons. The van der Waals surface area contributed by atoms with E-state index in [0.29, 0.717) is 19.8 Å². The van der Waals surface area contributed by atoms with Crippen molar-refractivity contribution in [3.05, 3.63) is 0 Å². The summed E-state index contributed by atoms with van der Waals surface area (Å²) in [6.07, 6.45) is 1.09. The van der Waals surface area contributed by atoms with E-state index in [9.17, 15) is 4.79 Å². The summed E-state index contributed by atoms with van der Waals surface area (Å²) in [5.41, 5.74) is 6.00. The molecule has 0 aromatic heterocycles. The molecule has 4 heteroatoms. The summed E-state index contributed by atoms with van der Waals surface area (Å²) >= 11 is 0. The first-order valence-electron chi connectivity index (χ1n) is 5.84. The third kappa shape index (κ3) is 9.93. The Bertz CT molecular complexity index is 199. The van der Waals surface area contributed by atoms with Gasteiger partial charge in [0, 0.05) is 12.6 Å². The number of rotatable bonds is 7. The molecule has 16 heavy (non-hydrogen) atoms. The van der Waals surface area contributed by atoms with Gasteiger partial charge in [-0.3, -0.25) is 4.79 Å². The van der Waals surface area contributed by atoms with E-state index in [1.165, 1.54) is 0 Å². The molecule has 0 aliphatic carbocycles. The summed E-state index contributed by atoms with van der Waals surface area (Å²) in [5.74, 6) is -0.239. The second kappa shape index (κ2) is 7.63. The molecule has 0 aliphatic heterocycles. The second-order valence-corrected chi connectivity index (χ2v) is 5.15. The van der Waals surface area contributed by atoms with Crippen molar-refractivity contribution in [3.8, 4) is 0 Å². The van der Waals surface area contributed by atoms with E-state index in [1.807, 2.05) is 6.92 Å². The van der Waals surface area contributed by atoms with Crippen LogP contribution in [0, 0.1) is 5.41 Å². The molecular weight excluding hydrogens is 206 g/mol. The minimum Gasteiger partial charge on any atom is -0.463 e. The lowest BCUT2D eigenvalue weighted by atomic mass is 9.87. The molecule has 0 heterocycles. The third-order valence-electron chi connectivity index (χ3n) is 2.00. The normalized spacial score (nSPS) is 13.6. The van der Waals surface area contributed by atoms with Crippen LogP contribution < -0.4 is 5.73 Å². The molecule has 0 aromatic carbocycles. The Hall–Kier alpha value is -0.610. The molecule has 2 N–H and O–H groups in total. The van der Waals surface area contributed by atoms with Crippen molar-refractivity contribution in [1.82, 2.24) is 0 Å². The molecule has 0 radical (unpaired) electrons. The van der Waals surface area contributed by atoms with Gasteiger partial charge in [0.1, 0.15) is 6.61 Å². The van der Waals surface area contributed by atoms with Crippen molar-refractivity contribution in [2.45, 2.75) is 46.6 Å². The molecule has 0 saturated heterocycles. The highest BCUT2D eigenvalue weighted by atomic mass is 16.6. The Kier molecular flexibility index (Phi) is 7.34. The van der Waals surface area contributed by atoms with Crippen LogP contribution in [-0.4, -0.2) is 31.8 Å². The van der Waals surface area contributed by atoms with Gasteiger partial charge < -0.3 is 15.2 Å². The average Bonchev–Trinajstić information content (AvgIpc) is 2.09. The van der Waals surface area contributed by atoms with Gasteiger partial charge in [-0.25, -0.2) is 0 Å². The Morgan fingerprint density at radius 2 is 1.94 bits per heavy atom. The van der Waals surface area contributed by atoms with Gasteiger partial charge in [-0.15, -0.1) is 0 Å². The number of esters is 1. The maximum absolute atomic E-state index is 11.3. The molecule has 1 unspecified atom stereocenters. The Labute approximate surface area is 98.5 Å². The van der Waals surface area contributed by atoms with Crippen molar-refractivity contribution in [3.63, 3.8) is 0 Å². The zero-order chi connectivity index (χ0) is 12.6. The second-order valence-electron chi connectivity index (χ2n) is 5.15. The highest BCUT2D eigenvalue weighted by Crippen LogP contribution is 2.21. The lowest BCUT2D eigenvalue weighted by Gasteiger charge is -2.22. The Morgan fingerprint density at radius 3 is 2.44 bits per heavy atom. The van der Waals surface area contributed by atoms with Gasteiger partial charge in [0.25, 0.3) is 0 Å². The van der Waals surface area contributed by atoms with Gasteiger partial charge in [-0.1, -0.05) is 20.8 Å². The first-order chi connectivity index (χ1) is 7.35. The topological polar surface area (TPSA) is 61.5 Å². The van der Waals surface area contributed by atoms with Crippen molar-refractivity contribution in [1.29, 1.82) is 0 Å². The number of carbonyl (C=O) groups is 1. The van der Waals surface area contributed by atoms with Crippen LogP contribution in [0.5, 0.6) is 0 Å². The molecule has 0 aliphatic rings. The maximum Gasteiger partial charge on any atom is 0.307 e. The highest BCUT2D eigenvalue weighted by Gasteiger charge is 2.18. The fourth-order valence-electron chi connectivity index (χ4n) is 1.49. The summed E-state index contributed by atoms with van der Waals surface area (Å²) in [5, 5.41) is 0. The van der Waals surface area contributed by atoms with E-state index < -0.39 is 0 Å². The fraction of sp³-hybridized carbons (Fsp3) is 0.917. The number of nitrogens with two attached hydrogens (primary N) is 1. The molecule has 0 fully saturated rings. The zero-order valence-corrected chi connectivity index (χ0v) is 10.9. The van der Waals surface area contributed by atoms with Crippen molar-refractivity contribution in [2.75, 3.05) is 19.8 Å². The van der Waals surface area contributed by atoms with Gasteiger partial charge in [-0.05, 0) is 18.8 Å². The molecule has 0 amide bonds. The number of hydrogen-bond donors (Lipinski definition) is 1. The highest BCUT2D eigenvalue weighted by molar-refractivity contribution is 5.70. The standard InChI is InChI=1S/C12H25NO3/c1-5-15-6-7-16-11(14)8-10(13)9-12(2,3)4/h10H,5-9,13H2,1-4H3. The van der Waals surface area contributed by atoms with E-state index in [0.717, 1.165) is 6.42 Å². The maximum atomic E-state index is 11.3. The van der Waals surface area contributed by atoms with Crippen LogP contribution in [0.2, 0.25) is 0 Å². The van der Waals surface area contributed by atoms with Crippen molar-refractivity contribution >= 4 is 5.97 Å². The van der Waals surface area contributed by atoms with Crippen molar-refractivity contribution in [2.24, 2.45) is 11.1 Å². The van der Waals surface area contributed by atoms with E-state index >= 15 is 0 Å². The smallest absolute Gasteiger partial charge is 0.307 e. The lowest BCUT2D eigenvalue weighted by molar-refractivity contribution is -0.145. The predicted molar refractivity (Wildman–Crippen MR) is 64.1 cm³/mol. The minimum absolute atomic E-state index is 0.125. The predicted octanol–water partition coefficient (Wildman–Crippen LogP) is 1.72. The first kappa shape index (κ1) is 15.4. The van der Waals surface area contributed by atoms with Gasteiger partial charge >= 0.3 is 5.97 Å². The van der Waals surface area contributed by atoms with E-state index in [1.54, 1.807) is 0 Å². The minimum atomic E-state index is -0.239. The first-order valence-corrected chi connectivity index (χ1v) is 5.84. The molecular formula is C12H25NO3. The van der Waals surface area contributed by atoms with Crippen molar-refractivity contribution < 1.29 is 14.3 Å². The number of ether oxygens (including phenoxy) is 2. The summed E-state index contributed by atoms with van der Waals surface area (Å²) in [7, 11) is 0. The van der Waals surface area contributed by atoms with E-state index in [4.69, 9.17) is 15.2 Å². The Morgan fingerprint density at radius 1 is 1.31 bits per heavy atom. The van der Waals surface area contributed by atoms with Crippen LogP contribution >= 0.6 is 0 Å². The average molecular weight is 231 g/mol. The summed E-state index contributed by atoms with van der Waals surface area (Å²) in [4.78, 5) is 11.3. The van der Waals surface area contributed by atoms with Crippen LogP contribution in [0.4, 0.5) is 0 Å². The molecule has 0 spiro atoms. The third-order valence-corrected chi connectivity index (χ3v) is 2.00. The van der Waals surface area contributed by atoms with Crippen LogP contribution in [0.1, 0.15) is 40.5 Å². The SMILES string of the molecule is CCOCCOC(=O)CC(N)CC(C)(C)C. The van der Waals surface area contributed by atoms with Crippen LogP contribution in [-0.2, 0) is 14.3 Å². The largest absolute Gasteiger partial charge is 0.463 e. The summed E-state index contributed by atoms with van der Waals surface area (Å²) in [6.45, 7) is 9.63. The van der Waals surface area contributed by atoms with Gasteiger partial charge in [0.2, 0.25) is 0 Å². The molecule has 4 nitrogen and oxygen atoms in total. The monoisotopic (exact) mass is 231 g/mol. The summed E-state index contributed by atoms with van der Waals surface area (Å²) < 4.78 is 10.0. The van der Waals surface area contributed by atoms with Crippen LogP contribution in [0.3, 0.4) is 0 Å². The summed E-state index contributed by atoms with van der Waals surface area (Å²) in [6, 6.07) is -0.125. The number of hydrogen-bond acceptors (Lipinski definition) is 4. The van der Waals surface area contributed by atoms with E-state index in [-0.39, 0.29) is 23.8 Å². The zero-order valence-electron chi connectivity index (χ0n) is 10.9. The van der Waals surface area contributed by atoms with Crippen LogP contribution in [0.25, 0.3) is 0 Å². The Balaban J connectivity index is 3.62. The van der Waals surface area contributed by atoms with Gasteiger partial charge in [-0.2, -0.15) is 0 Å². The molecule has 0 saturated carbocycles. The lowest BCUT2D eigenvalue weighted by Crippen LogP contribution is -2.30. The van der Waals surface area contributed by atoms with E-state index in [2.05, 4.69) is 20.8 Å².